The van der Waals surface area contributed by atoms with Crippen molar-refractivity contribution in [2.24, 2.45) is 0 Å². The summed E-state index contributed by atoms with van der Waals surface area (Å²) < 4.78 is 5.18. The van der Waals surface area contributed by atoms with Gasteiger partial charge >= 0.3 is 5.97 Å². The van der Waals surface area contributed by atoms with Crippen LogP contribution in [0.3, 0.4) is 0 Å². The second-order valence-electron chi connectivity index (χ2n) is 5.58. The van der Waals surface area contributed by atoms with Gasteiger partial charge in [0.15, 0.2) is 0 Å². The fraction of sp³-hybridized carbons (Fsp3) is 0.471. The first-order chi connectivity index (χ1) is 9.48. The van der Waals surface area contributed by atoms with Crippen LogP contribution in [0.5, 0.6) is 0 Å². The number of esters is 1. The minimum atomic E-state index is -0.192. The molecule has 0 atom stereocenters. The van der Waals surface area contributed by atoms with E-state index in [1.54, 1.807) is 0 Å². The van der Waals surface area contributed by atoms with Gasteiger partial charge in [0.25, 0.3) is 0 Å². The van der Waals surface area contributed by atoms with Crippen molar-refractivity contribution in [3.63, 3.8) is 0 Å². The van der Waals surface area contributed by atoms with E-state index in [0.717, 1.165) is 34.4 Å². The summed E-state index contributed by atoms with van der Waals surface area (Å²) in [6, 6.07) is 4.11. The van der Waals surface area contributed by atoms with Crippen molar-refractivity contribution < 1.29 is 9.53 Å². The van der Waals surface area contributed by atoms with Crippen molar-refractivity contribution in [3.05, 3.63) is 34.9 Å². The van der Waals surface area contributed by atoms with Gasteiger partial charge in [0.05, 0.1) is 17.7 Å². The van der Waals surface area contributed by atoms with Crippen LogP contribution in [0.15, 0.2) is 18.2 Å². The third-order valence-corrected chi connectivity index (χ3v) is 3.53. The second kappa shape index (κ2) is 5.31. The number of cyclic esters (lactones) is 1. The van der Waals surface area contributed by atoms with Gasteiger partial charge in [0.1, 0.15) is 0 Å². The van der Waals surface area contributed by atoms with Gasteiger partial charge in [-0.25, -0.2) is 4.79 Å². The highest BCUT2D eigenvalue weighted by atomic mass is 16.5. The smallest absolute Gasteiger partial charge is 0.339 e. The average Bonchev–Trinajstić information content (AvgIpc) is 2.39. The van der Waals surface area contributed by atoms with E-state index >= 15 is 0 Å². The molecule has 2 aliphatic rings. The number of carbonyl (C=O) groups is 1. The van der Waals surface area contributed by atoms with E-state index in [-0.39, 0.29) is 11.5 Å². The molecule has 1 aromatic rings. The first-order valence-electron chi connectivity index (χ1n) is 7.29. The van der Waals surface area contributed by atoms with Gasteiger partial charge in [-0.2, -0.15) is 0 Å². The summed E-state index contributed by atoms with van der Waals surface area (Å²) in [4.78, 5) is 12.0. The quantitative estimate of drug-likeness (QED) is 0.725. The number of ether oxygens (including phenoxy) is 1. The summed E-state index contributed by atoms with van der Waals surface area (Å²) in [7, 11) is 0. The average molecular weight is 273 g/mol. The van der Waals surface area contributed by atoms with Crippen molar-refractivity contribution in [1.29, 1.82) is 0 Å². The maximum absolute atomic E-state index is 12.0. The van der Waals surface area contributed by atoms with E-state index < -0.39 is 0 Å². The highest BCUT2D eigenvalue weighted by Gasteiger charge is 2.30. The van der Waals surface area contributed by atoms with Gasteiger partial charge < -0.3 is 10.1 Å². The van der Waals surface area contributed by atoms with Crippen LogP contribution >= 0.6 is 0 Å². The maximum Gasteiger partial charge on any atom is 0.339 e. The molecule has 3 nitrogen and oxygen atoms in total. The predicted octanol–water partition coefficient (Wildman–Crippen LogP) is 4.03. The SMILES string of the molecule is CC.CC1=CC(C)(C)Nc2ccc3c(c21)C(=O)OCC3. The van der Waals surface area contributed by atoms with Crippen molar-refractivity contribution >= 4 is 17.2 Å². The molecule has 2 aliphatic heterocycles. The lowest BCUT2D eigenvalue weighted by atomic mass is 9.85. The number of hydrogen-bond acceptors (Lipinski definition) is 3. The number of anilines is 1. The molecule has 0 radical (unpaired) electrons. The normalized spacial score (nSPS) is 18.4. The minimum Gasteiger partial charge on any atom is -0.462 e. The summed E-state index contributed by atoms with van der Waals surface area (Å²) in [6.45, 7) is 10.8. The molecule has 0 aliphatic carbocycles. The van der Waals surface area contributed by atoms with Gasteiger partial charge in [-0.15, -0.1) is 0 Å². The molecule has 20 heavy (non-hydrogen) atoms. The van der Waals surface area contributed by atoms with Gasteiger partial charge in [-0.1, -0.05) is 26.0 Å². The summed E-state index contributed by atoms with van der Waals surface area (Å²) in [5, 5.41) is 3.45. The Bertz CT molecular complexity index is 571. The summed E-state index contributed by atoms with van der Waals surface area (Å²) in [5.41, 5.74) is 4.94. The van der Waals surface area contributed by atoms with E-state index in [1.807, 2.05) is 19.9 Å². The van der Waals surface area contributed by atoms with Gasteiger partial charge in [0, 0.05) is 17.7 Å². The van der Waals surface area contributed by atoms with E-state index in [0.29, 0.717) is 6.61 Å². The number of rotatable bonds is 0. The molecule has 0 spiro atoms. The van der Waals surface area contributed by atoms with Gasteiger partial charge in [0.2, 0.25) is 0 Å². The summed E-state index contributed by atoms with van der Waals surface area (Å²) in [6.07, 6.45) is 2.97. The minimum absolute atomic E-state index is 0.0795. The number of fused-ring (bicyclic) bond motifs is 3. The van der Waals surface area contributed by atoms with Crippen molar-refractivity contribution in [2.75, 3.05) is 11.9 Å². The monoisotopic (exact) mass is 273 g/mol. The lowest BCUT2D eigenvalue weighted by Crippen LogP contribution is -2.33. The molecule has 3 heteroatoms. The standard InChI is InChI=1S/C15H17NO2.C2H6/c1-9-8-15(2,3)16-11-5-4-10-6-7-18-14(17)13(10)12(9)11;1-2/h4-5,8,16H,6-7H2,1-3H3;1-2H3. The molecule has 2 heterocycles. The molecule has 0 unspecified atom stereocenters. The number of hydrogen-bond donors (Lipinski definition) is 1. The lowest BCUT2D eigenvalue weighted by molar-refractivity contribution is 0.0480. The Hall–Kier alpha value is -1.77. The zero-order chi connectivity index (χ0) is 14.9. The molecule has 0 aromatic heterocycles. The third-order valence-electron chi connectivity index (χ3n) is 3.53. The van der Waals surface area contributed by atoms with Crippen LogP contribution in [0, 0.1) is 0 Å². The fourth-order valence-corrected chi connectivity index (χ4v) is 2.92. The maximum atomic E-state index is 12.0. The topological polar surface area (TPSA) is 38.3 Å². The van der Waals surface area contributed by atoms with Crippen molar-refractivity contribution in [1.82, 2.24) is 0 Å². The van der Waals surface area contributed by atoms with Gasteiger partial charge in [-0.05, 0) is 38.0 Å². The molecule has 1 N–H and O–H groups in total. The number of allylic oxidation sites excluding steroid dienone is 1. The Morgan fingerprint density at radius 1 is 1.20 bits per heavy atom. The van der Waals surface area contributed by atoms with Crippen LogP contribution in [0.25, 0.3) is 5.57 Å². The molecular formula is C17H23NO2. The van der Waals surface area contributed by atoms with E-state index in [2.05, 4.69) is 38.2 Å². The number of benzene rings is 1. The Labute approximate surface area is 121 Å². The first-order valence-corrected chi connectivity index (χ1v) is 7.29. The molecule has 0 saturated carbocycles. The van der Waals surface area contributed by atoms with E-state index in [4.69, 9.17) is 4.74 Å². The van der Waals surface area contributed by atoms with Gasteiger partial charge in [-0.3, -0.25) is 0 Å². The number of nitrogens with one attached hydrogen (secondary N) is 1. The fourth-order valence-electron chi connectivity index (χ4n) is 2.92. The van der Waals surface area contributed by atoms with Crippen LogP contribution in [-0.4, -0.2) is 18.1 Å². The Balaban J connectivity index is 0.000000704. The van der Waals surface area contributed by atoms with E-state index in [1.165, 1.54) is 0 Å². The molecule has 1 aromatic carbocycles. The largest absolute Gasteiger partial charge is 0.462 e. The Morgan fingerprint density at radius 2 is 1.90 bits per heavy atom. The first kappa shape index (κ1) is 14.6. The Kier molecular flexibility index (Phi) is 3.89. The van der Waals surface area contributed by atoms with Crippen LogP contribution in [-0.2, 0) is 11.2 Å². The molecule has 0 bridgehead atoms. The number of carbonyl (C=O) groups excluding carboxylic acids is 1. The summed E-state index contributed by atoms with van der Waals surface area (Å²) >= 11 is 0. The zero-order valence-electron chi connectivity index (χ0n) is 13.0. The second-order valence-corrected chi connectivity index (χ2v) is 5.58. The highest BCUT2D eigenvalue weighted by molar-refractivity contribution is 6.01. The summed E-state index contributed by atoms with van der Waals surface area (Å²) in [5.74, 6) is -0.192. The zero-order valence-corrected chi connectivity index (χ0v) is 13.0. The lowest BCUT2D eigenvalue weighted by Gasteiger charge is -2.33. The van der Waals surface area contributed by atoms with Crippen molar-refractivity contribution in [2.45, 2.75) is 46.6 Å². The molecule has 3 rings (SSSR count). The van der Waals surface area contributed by atoms with Crippen LogP contribution in [0.2, 0.25) is 0 Å². The Morgan fingerprint density at radius 3 is 2.60 bits per heavy atom. The van der Waals surface area contributed by atoms with Crippen LogP contribution in [0.1, 0.15) is 56.1 Å². The molecule has 0 amide bonds. The molecule has 108 valence electrons. The third kappa shape index (κ3) is 2.45. The molecule has 0 fully saturated rings. The highest BCUT2D eigenvalue weighted by Crippen LogP contribution is 2.38. The molecular weight excluding hydrogens is 250 g/mol. The van der Waals surface area contributed by atoms with Crippen LogP contribution in [0.4, 0.5) is 5.69 Å². The van der Waals surface area contributed by atoms with Crippen molar-refractivity contribution in [3.8, 4) is 0 Å². The van der Waals surface area contributed by atoms with Crippen LogP contribution < -0.4 is 5.32 Å². The molecule has 0 saturated heterocycles. The predicted molar refractivity (Wildman–Crippen MR) is 83.1 cm³/mol. The van der Waals surface area contributed by atoms with E-state index in [9.17, 15) is 4.79 Å².